The normalized spacial score (nSPS) is 10.3. The molecular formula is C19H17BrN4O. The van der Waals surface area contributed by atoms with E-state index in [1.54, 1.807) is 12.3 Å². The van der Waals surface area contributed by atoms with Gasteiger partial charge in [-0.25, -0.2) is 9.97 Å². The topological polar surface area (TPSA) is 58.1 Å². The zero-order valence-electron chi connectivity index (χ0n) is 13.7. The molecule has 1 heterocycles. The minimum Gasteiger partial charge on any atom is -0.321 e. The fourth-order valence-corrected chi connectivity index (χ4v) is 2.65. The summed E-state index contributed by atoms with van der Waals surface area (Å²) in [4.78, 5) is 23.2. The Hall–Kier alpha value is -2.73. The van der Waals surface area contributed by atoms with Crippen molar-refractivity contribution in [2.75, 3.05) is 16.8 Å². The summed E-state index contributed by atoms with van der Waals surface area (Å²) in [7, 11) is 0. The van der Waals surface area contributed by atoms with E-state index in [1.807, 2.05) is 66.4 Å². The monoisotopic (exact) mass is 396 g/mol. The highest BCUT2D eigenvalue weighted by molar-refractivity contribution is 9.10. The van der Waals surface area contributed by atoms with Crippen LogP contribution in [0.3, 0.4) is 0 Å². The van der Waals surface area contributed by atoms with Gasteiger partial charge in [0.2, 0.25) is 5.95 Å². The summed E-state index contributed by atoms with van der Waals surface area (Å²) in [6.45, 7) is 2.72. The number of carbonyl (C=O) groups is 1. The molecule has 0 aliphatic rings. The standard InChI is InChI=1S/C19H17BrN4O/c1-2-24(16-6-4-3-5-7-16)19-21-13-12-17(23-19)18(25)22-15-10-8-14(20)9-11-15/h3-13H,2H2,1H3,(H,22,25). The number of benzene rings is 2. The molecule has 0 saturated carbocycles. The van der Waals surface area contributed by atoms with Crippen LogP contribution < -0.4 is 10.2 Å². The minimum atomic E-state index is -0.268. The number of hydrogen-bond donors (Lipinski definition) is 1. The van der Waals surface area contributed by atoms with Gasteiger partial charge < -0.3 is 10.2 Å². The second-order valence-corrected chi connectivity index (χ2v) is 6.20. The van der Waals surface area contributed by atoms with E-state index in [1.165, 1.54) is 0 Å². The Labute approximate surface area is 154 Å². The average Bonchev–Trinajstić information content (AvgIpc) is 2.65. The number of nitrogens with zero attached hydrogens (tertiary/aromatic N) is 3. The maximum Gasteiger partial charge on any atom is 0.274 e. The van der Waals surface area contributed by atoms with Gasteiger partial charge in [-0.15, -0.1) is 0 Å². The van der Waals surface area contributed by atoms with Gasteiger partial charge in [-0.3, -0.25) is 4.79 Å². The van der Waals surface area contributed by atoms with E-state index in [0.29, 0.717) is 23.9 Å². The van der Waals surface area contributed by atoms with Crippen LogP contribution in [-0.2, 0) is 0 Å². The van der Waals surface area contributed by atoms with Crippen LogP contribution in [0.15, 0.2) is 71.3 Å². The van der Waals surface area contributed by atoms with Gasteiger partial charge >= 0.3 is 0 Å². The number of carbonyl (C=O) groups excluding carboxylic acids is 1. The third-order valence-electron chi connectivity index (χ3n) is 3.60. The zero-order valence-corrected chi connectivity index (χ0v) is 15.3. The van der Waals surface area contributed by atoms with Crippen molar-refractivity contribution in [1.29, 1.82) is 0 Å². The Morgan fingerprint density at radius 3 is 2.48 bits per heavy atom. The number of anilines is 3. The number of para-hydroxylation sites is 1. The molecule has 0 bridgehead atoms. The lowest BCUT2D eigenvalue weighted by atomic mass is 10.3. The SMILES string of the molecule is CCN(c1ccccc1)c1nccc(C(=O)Nc2ccc(Br)cc2)n1. The van der Waals surface area contributed by atoms with Crippen molar-refractivity contribution in [3.05, 3.63) is 77.0 Å². The van der Waals surface area contributed by atoms with Crippen molar-refractivity contribution >= 4 is 39.2 Å². The largest absolute Gasteiger partial charge is 0.321 e. The van der Waals surface area contributed by atoms with Gasteiger partial charge in [-0.1, -0.05) is 34.1 Å². The molecule has 2 aromatic carbocycles. The predicted molar refractivity (Wildman–Crippen MR) is 103 cm³/mol. The van der Waals surface area contributed by atoms with Crippen LogP contribution in [0.25, 0.3) is 0 Å². The molecule has 25 heavy (non-hydrogen) atoms. The molecule has 6 heteroatoms. The van der Waals surface area contributed by atoms with Gasteiger partial charge in [0, 0.05) is 28.6 Å². The summed E-state index contributed by atoms with van der Waals surface area (Å²) in [6, 6.07) is 18.9. The van der Waals surface area contributed by atoms with Crippen molar-refractivity contribution < 1.29 is 4.79 Å². The second kappa shape index (κ2) is 7.90. The fourth-order valence-electron chi connectivity index (χ4n) is 2.38. The first-order chi connectivity index (χ1) is 12.2. The molecule has 0 aliphatic carbocycles. The molecule has 0 fully saturated rings. The highest BCUT2D eigenvalue weighted by Gasteiger charge is 2.14. The lowest BCUT2D eigenvalue weighted by Crippen LogP contribution is -2.21. The molecule has 0 saturated heterocycles. The van der Waals surface area contributed by atoms with E-state index in [2.05, 4.69) is 31.2 Å². The quantitative estimate of drug-likeness (QED) is 0.681. The van der Waals surface area contributed by atoms with E-state index in [0.717, 1.165) is 10.2 Å². The summed E-state index contributed by atoms with van der Waals surface area (Å²) in [5.74, 6) is 0.229. The predicted octanol–water partition coefficient (Wildman–Crippen LogP) is 4.65. The number of nitrogens with one attached hydrogen (secondary N) is 1. The first-order valence-electron chi connectivity index (χ1n) is 7.90. The zero-order chi connectivity index (χ0) is 17.6. The molecule has 1 N–H and O–H groups in total. The van der Waals surface area contributed by atoms with Gasteiger partial charge in [-0.2, -0.15) is 0 Å². The van der Waals surface area contributed by atoms with Crippen molar-refractivity contribution in [3.8, 4) is 0 Å². The Morgan fingerprint density at radius 2 is 1.80 bits per heavy atom. The van der Waals surface area contributed by atoms with Crippen LogP contribution in [-0.4, -0.2) is 22.4 Å². The van der Waals surface area contributed by atoms with Crippen LogP contribution in [0.4, 0.5) is 17.3 Å². The number of halogens is 1. The summed E-state index contributed by atoms with van der Waals surface area (Å²) in [5, 5.41) is 2.84. The molecule has 0 spiro atoms. The summed E-state index contributed by atoms with van der Waals surface area (Å²) < 4.78 is 0.955. The number of amides is 1. The first kappa shape index (κ1) is 17.1. The third-order valence-corrected chi connectivity index (χ3v) is 4.13. The van der Waals surface area contributed by atoms with Crippen molar-refractivity contribution in [1.82, 2.24) is 9.97 Å². The lowest BCUT2D eigenvalue weighted by molar-refractivity contribution is 0.102. The maximum absolute atomic E-state index is 12.5. The molecule has 0 aliphatic heterocycles. The van der Waals surface area contributed by atoms with Crippen molar-refractivity contribution in [2.24, 2.45) is 0 Å². The van der Waals surface area contributed by atoms with Gasteiger partial charge in [0.25, 0.3) is 5.91 Å². The van der Waals surface area contributed by atoms with E-state index < -0.39 is 0 Å². The van der Waals surface area contributed by atoms with Crippen LogP contribution in [0, 0.1) is 0 Å². The summed E-state index contributed by atoms with van der Waals surface area (Å²) >= 11 is 3.37. The van der Waals surface area contributed by atoms with Crippen LogP contribution in [0.1, 0.15) is 17.4 Å². The minimum absolute atomic E-state index is 0.268. The van der Waals surface area contributed by atoms with Crippen LogP contribution in [0.2, 0.25) is 0 Å². The summed E-state index contributed by atoms with van der Waals surface area (Å²) in [5.41, 5.74) is 2.02. The van der Waals surface area contributed by atoms with Gasteiger partial charge in [0.05, 0.1) is 0 Å². The maximum atomic E-state index is 12.5. The molecule has 1 amide bonds. The number of rotatable bonds is 5. The molecular weight excluding hydrogens is 380 g/mol. The Kier molecular flexibility index (Phi) is 5.40. The van der Waals surface area contributed by atoms with E-state index in [9.17, 15) is 4.79 Å². The molecule has 3 rings (SSSR count). The van der Waals surface area contributed by atoms with Gasteiger partial charge in [-0.05, 0) is 49.4 Å². The second-order valence-electron chi connectivity index (χ2n) is 5.28. The Morgan fingerprint density at radius 1 is 1.08 bits per heavy atom. The van der Waals surface area contributed by atoms with Crippen LogP contribution >= 0.6 is 15.9 Å². The van der Waals surface area contributed by atoms with Gasteiger partial charge in [0.1, 0.15) is 5.69 Å². The first-order valence-corrected chi connectivity index (χ1v) is 8.69. The number of hydrogen-bond acceptors (Lipinski definition) is 4. The highest BCUT2D eigenvalue weighted by atomic mass is 79.9. The lowest BCUT2D eigenvalue weighted by Gasteiger charge is -2.21. The van der Waals surface area contributed by atoms with E-state index in [4.69, 9.17) is 0 Å². The molecule has 0 unspecified atom stereocenters. The molecule has 126 valence electrons. The molecule has 3 aromatic rings. The molecule has 5 nitrogen and oxygen atoms in total. The van der Waals surface area contributed by atoms with Crippen molar-refractivity contribution in [3.63, 3.8) is 0 Å². The fraction of sp³-hybridized carbons (Fsp3) is 0.105. The summed E-state index contributed by atoms with van der Waals surface area (Å²) in [6.07, 6.45) is 1.60. The molecule has 1 aromatic heterocycles. The van der Waals surface area contributed by atoms with Crippen LogP contribution in [0.5, 0.6) is 0 Å². The average molecular weight is 397 g/mol. The van der Waals surface area contributed by atoms with Crippen molar-refractivity contribution in [2.45, 2.75) is 6.92 Å². The smallest absolute Gasteiger partial charge is 0.274 e. The molecule has 0 atom stereocenters. The van der Waals surface area contributed by atoms with Gasteiger partial charge in [0.15, 0.2) is 0 Å². The Balaban J connectivity index is 1.83. The third kappa shape index (κ3) is 4.22. The highest BCUT2D eigenvalue weighted by Crippen LogP contribution is 2.21. The Bertz CT molecular complexity index is 853. The number of aromatic nitrogens is 2. The van der Waals surface area contributed by atoms with E-state index in [-0.39, 0.29) is 5.91 Å². The van der Waals surface area contributed by atoms with E-state index >= 15 is 0 Å². The molecule has 0 radical (unpaired) electrons.